The van der Waals surface area contributed by atoms with Crippen LogP contribution in [0.2, 0.25) is 0 Å². The van der Waals surface area contributed by atoms with E-state index in [1.165, 1.54) is 0 Å². The molecule has 0 fully saturated rings. The van der Waals surface area contributed by atoms with E-state index in [0.717, 1.165) is 38.5 Å². The molecule has 1 heteroatoms. The van der Waals surface area contributed by atoms with Crippen molar-refractivity contribution in [3.05, 3.63) is 0 Å². The Kier molecular flexibility index (Phi) is 5.80. The minimum Gasteiger partial charge on any atom is -0.198 e. The summed E-state index contributed by atoms with van der Waals surface area (Å²) < 4.78 is 0. The van der Waals surface area contributed by atoms with E-state index >= 15 is 0 Å². The second kappa shape index (κ2) is 6.06. The molecule has 12 heavy (non-hydrogen) atoms. The lowest BCUT2D eigenvalue weighted by atomic mass is 9.77. The van der Waals surface area contributed by atoms with Crippen LogP contribution in [0.15, 0.2) is 0 Å². The average Bonchev–Trinajstić information content (AvgIpc) is 2.06. The molecular weight excluding hydrogens is 146 g/mol. The van der Waals surface area contributed by atoms with E-state index in [-0.39, 0.29) is 5.41 Å². The Bertz CT molecular complexity index is 127. The first-order chi connectivity index (χ1) is 5.74. The summed E-state index contributed by atoms with van der Waals surface area (Å²) in [5.74, 6) is 0. The number of nitrogens with zero attached hydrogens (tertiary/aromatic N) is 1. The zero-order valence-electron chi connectivity index (χ0n) is 8.69. The molecule has 0 saturated carbocycles. The fourth-order valence-corrected chi connectivity index (χ4v) is 1.98. The summed E-state index contributed by atoms with van der Waals surface area (Å²) >= 11 is 0. The SMILES string of the molecule is CCCC(C#N)(CCC)CCC. The summed E-state index contributed by atoms with van der Waals surface area (Å²) in [4.78, 5) is 0. The Morgan fingerprint density at radius 3 is 1.42 bits per heavy atom. The Labute approximate surface area is 76.8 Å². The molecule has 0 aromatic heterocycles. The summed E-state index contributed by atoms with van der Waals surface area (Å²) in [5, 5.41) is 9.12. The van der Waals surface area contributed by atoms with Crippen LogP contribution >= 0.6 is 0 Å². The predicted octanol–water partition coefficient (Wildman–Crippen LogP) is 3.90. The van der Waals surface area contributed by atoms with Gasteiger partial charge >= 0.3 is 0 Å². The summed E-state index contributed by atoms with van der Waals surface area (Å²) in [6, 6.07) is 2.52. The van der Waals surface area contributed by atoms with Crippen LogP contribution in [0.1, 0.15) is 59.3 Å². The van der Waals surface area contributed by atoms with Gasteiger partial charge in [0, 0.05) is 0 Å². The van der Waals surface area contributed by atoms with E-state index in [1.54, 1.807) is 0 Å². The zero-order chi connectivity index (χ0) is 9.45. The van der Waals surface area contributed by atoms with Crippen molar-refractivity contribution in [3.8, 4) is 6.07 Å². The van der Waals surface area contributed by atoms with Crippen molar-refractivity contribution in [3.63, 3.8) is 0 Å². The maximum Gasteiger partial charge on any atom is 0.0689 e. The second-order valence-corrected chi connectivity index (χ2v) is 3.64. The van der Waals surface area contributed by atoms with Gasteiger partial charge in [-0.25, -0.2) is 0 Å². The summed E-state index contributed by atoms with van der Waals surface area (Å²) in [6.07, 6.45) is 6.62. The smallest absolute Gasteiger partial charge is 0.0689 e. The fourth-order valence-electron chi connectivity index (χ4n) is 1.98. The normalized spacial score (nSPS) is 11.2. The van der Waals surface area contributed by atoms with Gasteiger partial charge < -0.3 is 0 Å². The predicted molar refractivity (Wildman–Crippen MR) is 52.8 cm³/mol. The van der Waals surface area contributed by atoms with Crippen LogP contribution in [-0.4, -0.2) is 0 Å². The fraction of sp³-hybridized carbons (Fsp3) is 0.909. The Balaban J connectivity index is 4.19. The third kappa shape index (κ3) is 3.26. The molecule has 0 N–H and O–H groups in total. The van der Waals surface area contributed by atoms with Crippen LogP contribution in [0.3, 0.4) is 0 Å². The van der Waals surface area contributed by atoms with Gasteiger partial charge in [-0.05, 0) is 19.3 Å². The van der Waals surface area contributed by atoms with Crippen molar-refractivity contribution >= 4 is 0 Å². The van der Waals surface area contributed by atoms with E-state index in [0.29, 0.717) is 0 Å². The van der Waals surface area contributed by atoms with E-state index < -0.39 is 0 Å². The molecule has 0 rings (SSSR count). The van der Waals surface area contributed by atoms with Gasteiger partial charge in [0.05, 0.1) is 11.5 Å². The molecule has 0 atom stereocenters. The van der Waals surface area contributed by atoms with Gasteiger partial charge in [-0.3, -0.25) is 0 Å². The van der Waals surface area contributed by atoms with Crippen LogP contribution in [0.4, 0.5) is 0 Å². The molecule has 70 valence electrons. The molecule has 0 bridgehead atoms. The van der Waals surface area contributed by atoms with E-state index in [9.17, 15) is 0 Å². The number of nitriles is 1. The number of hydrogen-bond donors (Lipinski definition) is 0. The maximum atomic E-state index is 9.12. The quantitative estimate of drug-likeness (QED) is 0.588. The van der Waals surface area contributed by atoms with E-state index in [2.05, 4.69) is 26.8 Å². The highest BCUT2D eigenvalue weighted by molar-refractivity contribution is 4.97. The lowest BCUT2D eigenvalue weighted by Gasteiger charge is -2.24. The molecule has 0 aliphatic rings. The lowest BCUT2D eigenvalue weighted by Crippen LogP contribution is -2.17. The van der Waals surface area contributed by atoms with Crippen molar-refractivity contribution in [1.29, 1.82) is 5.26 Å². The highest BCUT2D eigenvalue weighted by atomic mass is 14.4. The van der Waals surface area contributed by atoms with Crippen molar-refractivity contribution in [2.75, 3.05) is 0 Å². The van der Waals surface area contributed by atoms with Gasteiger partial charge in [-0.1, -0.05) is 40.0 Å². The first-order valence-corrected chi connectivity index (χ1v) is 5.16. The zero-order valence-corrected chi connectivity index (χ0v) is 8.69. The van der Waals surface area contributed by atoms with E-state index in [4.69, 9.17) is 5.26 Å². The summed E-state index contributed by atoms with van der Waals surface area (Å²) in [6.45, 7) is 6.49. The van der Waals surface area contributed by atoms with Gasteiger partial charge in [0.15, 0.2) is 0 Å². The minimum absolute atomic E-state index is 0.00174. The van der Waals surface area contributed by atoms with Crippen LogP contribution in [-0.2, 0) is 0 Å². The van der Waals surface area contributed by atoms with E-state index in [1.807, 2.05) is 0 Å². The number of rotatable bonds is 6. The van der Waals surface area contributed by atoms with Crippen LogP contribution in [0.5, 0.6) is 0 Å². The average molecular weight is 167 g/mol. The Morgan fingerprint density at radius 1 is 0.917 bits per heavy atom. The molecule has 0 aliphatic carbocycles. The first-order valence-electron chi connectivity index (χ1n) is 5.16. The monoisotopic (exact) mass is 167 g/mol. The van der Waals surface area contributed by atoms with Gasteiger partial charge in [0.25, 0.3) is 0 Å². The van der Waals surface area contributed by atoms with Gasteiger partial charge in [0.2, 0.25) is 0 Å². The maximum absolute atomic E-state index is 9.12. The van der Waals surface area contributed by atoms with Crippen LogP contribution in [0, 0.1) is 16.7 Å². The molecule has 0 heterocycles. The highest BCUT2D eigenvalue weighted by Gasteiger charge is 2.26. The van der Waals surface area contributed by atoms with Crippen molar-refractivity contribution in [2.24, 2.45) is 5.41 Å². The molecule has 0 unspecified atom stereocenters. The summed E-state index contributed by atoms with van der Waals surface area (Å²) in [7, 11) is 0. The molecule has 0 spiro atoms. The summed E-state index contributed by atoms with van der Waals surface area (Å²) in [5.41, 5.74) is -0.00174. The van der Waals surface area contributed by atoms with Crippen molar-refractivity contribution < 1.29 is 0 Å². The molecular formula is C11H21N. The van der Waals surface area contributed by atoms with Gasteiger partial charge in [-0.2, -0.15) is 5.26 Å². The molecule has 0 aromatic rings. The molecule has 0 saturated heterocycles. The second-order valence-electron chi connectivity index (χ2n) is 3.64. The van der Waals surface area contributed by atoms with Crippen molar-refractivity contribution in [1.82, 2.24) is 0 Å². The van der Waals surface area contributed by atoms with Crippen LogP contribution in [0.25, 0.3) is 0 Å². The Hall–Kier alpha value is -0.510. The molecule has 1 nitrogen and oxygen atoms in total. The third-order valence-corrected chi connectivity index (χ3v) is 2.42. The minimum atomic E-state index is -0.00174. The lowest BCUT2D eigenvalue weighted by molar-refractivity contribution is 0.300. The Morgan fingerprint density at radius 2 is 1.25 bits per heavy atom. The molecule has 0 aliphatic heterocycles. The first kappa shape index (κ1) is 11.5. The molecule has 0 aromatic carbocycles. The molecule has 0 radical (unpaired) electrons. The topological polar surface area (TPSA) is 23.8 Å². The van der Waals surface area contributed by atoms with Gasteiger partial charge in [0.1, 0.15) is 0 Å². The standard InChI is InChI=1S/C11H21N/c1-4-7-11(10-12,8-5-2)9-6-3/h4-9H2,1-3H3. The molecule has 0 amide bonds. The van der Waals surface area contributed by atoms with Gasteiger partial charge in [-0.15, -0.1) is 0 Å². The number of hydrogen-bond acceptors (Lipinski definition) is 1. The van der Waals surface area contributed by atoms with Crippen LogP contribution < -0.4 is 0 Å². The third-order valence-electron chi connectivity index (χ3n) is 2.42. The van der Waals surface area contributed by atoms with Crippen molar-refractivity contribution in [2.45, 2.75) is 59.3 Å². The largest absolute Gasteiger partial charge is 0.198 e. The highest BCUT2D eigenvalue weighted by Crippen LogP contribution is 2.33.